The van der Waals surface area contributed by atoms with Gasteiger partial charge >= 0.3 is 0 Å². The van der Waals surface area contributed by atoms with Gasteiger partial charge in [0.25, 0.3) is 0 Å². The van der Waals surface area contributed by atoms with E-state index in [9.17, 15) is 4.79 Å². The Kier molecular flexibility index (Phi) is 7.25. The summed E-state index contributed by atoms with van der Waals surface area (Å²) in [6, 6.07) is 13.8. The zero-order chi connectivity index (χ0) is 19.9. The van der Waals surface area contributed by atoms with Crippen LogP contribution in [0.1, 0.15) is 31.9 Å². The molecule has 0 saturated heterocycles. The van der Waals surface area contributed by atoms with Gasteiger partial charge in [0, 0.05) is 5.69 Å². The van der Waals surface area contributed by atoms with Gasteiger partial charge in [-0.1, -0.05) is 45.0 Å². The van der Waals surface area contributed by atoms with Crippen molar-refractivity contribution >= 4 is 11.6 Å². The van der Waals surface area contributed by atoms with Crippen LogP contribution in [0.2, 0.25) is 0 Å². The monoisotopic (exact) mass is 370 g/mol. The third kappa shape index (κ3) is 6.00. The number of ether oxygens (including phenoxy) is 2. The van der Waals surface area contributed by atoms with Crippen molar-refractivity contribution in [2.75, 3.05) is 32.6 Å². The standard InChI is InChI=1S/C22H30N2O3/c1-22(2,3)17-8-6-7-9-18(17)24-21(25)15-23-13-12-16-10-11-19(26-4)20(14-16)27-5/h6-11,14,23H,12-13,15H2,1-5H3,(H,24,25). The predicted octanol–water partition coefficient (Wildman–Crippen LogP) is 3.77. The van der Waals surface area contributed by atoms with Gasteiger partial charge in [-0.15, -0.1) is 0 Å². The van der Waals surface area contributed by atoms with E-state index < -0.39 is 0 Å². The molecule has 5 nitrogen and oxygen atoms in total. The van der Waals surface area contributed by atoms with E-state index in [1.54, 1.807) is 14.2 Å². The number of hydrogen-bond donors (Lipinski definition) is 2. The fraction of sp³-hybridized carbons (Fsp3) is 0.409. The second-order valence-electron chi connectivity index (χ2n) is 7.46. The summed E-state index contributed by atoms with van der Waals surface area (Å²) in [7, 11) is 3.25. The smallest absolute Gasteiger partial charge is 0.238 e. The molecule has 146 valence electrons. The van der Waals surface area contributed by atoms with Gasteiger partial charge in [0.15, 0.2) is 11.5 Å². The molecule has 2 aromatic carbocycles. The molecule has 0 spiro atoms. The lowest BCUT2D eigenvalue weighted by Crippen LogP contribution is -2.30. The minimum absolute atomic E-state index is 0.0231. The summed E-state index contributed by atoms with van der Waals surface area (Å²) in [5.74, 6) is 1.39. The van der Waals surface area contributed by atoms with Gasteiger partial charge in [-0.2, -0.15) is 0 Å². The quantitative estimate of drug-likeness (QED) is 0.695. The van der Waals surface area contributed by atoms with Crippen LogP contribution in [0.3, 0.4) is 0 Å². The highest BCUT2D eigenvalue weighted by Crippen LogP contribution is 2.29. The normalized spacial score (nSPS) is 11.1. The van der Waals surface area contributed by atoms with Crippen LogP contribution < -0.4 is 20.1 Å². The Labute approximate surface area is 162 Å². The molecule has 0 aliphatic carbocycles. The Hall–Kier alpha value is -2.53. The van der Waals surface area contributed by atoms with Crippen molar-refractivity contribution in [2.24, 2.45) is 0 Å². The topological polar surface area (TPSA) is 59.6 Å². The molecule has 2 aromatic rings. The number of rotatable bonds is 8. The van der Waals surface area contributed by atoms with E-state index in [2.05, 4.69) is 37.5 Å². The summed E-state index contributed by atoms with van der Waals surface area (Å²) in [4.78, 5) is 12.3. The van der Waals surface area contributed by atoms with Gasteiger partial charge in [-0.25, -0.2) is 0 Å². The second-order valence-corrected chi connectivity index (χ2v) is 7.46. The van der Waals surface area contributed by atoms with Crippen LogP contribution in [0.15, 0.2) is 42.5 Å². The van der Waals surface area contributed by atoms with Crippen molar-refractivity contribution in [3.63, 3.8) is 0 Å². The molecule has 0 aliphatic rings. The van der Waals surface area contributed by atoms with Crippen molar-refractivity contribution in [2.45, 2.75) is 32.6 Å². The molecule has 0 atom stereocenters. The van der Waals surface area contributed by atoms with E-state index in [-0.39, 0.29) is 17.9 Å². The highest BCUT2D eigenvalue weighted by molar-refractivity contribution is 5.93. The maximum atomic E-state index is 12.3. The molecule has 0 aromatic heterocycles. The number of benzene rings is 2. The SMILES string of the molecule is COc1ccc(CCNCC(=O)Nc2ccccc2C(C)(C)C)cc1OC. The first-order valence-corrected chi connectivity index (χ1v) is 9.16. The minimum atomic E-state index is -0.0426. The molecule has 0 unspecified atom stereocenters. The first-order valence-electron chi connectivity index (χ1n) is 9.16. The molecule has 0 saturated carbocycles. The van der Waals surface area contributed by atoms with Gasteiger partial charge in [0.1, 0.15) is 0 Å². The Morgan fingerprint density at radius 1 is 1.00 bits per heavy atom. The number of hydrogen-bond acceptors (Lipinski definition) is 4. The Balaban J connectivity index is 1.84. The lowest BCUT2D eigenvalue weighted by atomic mass is 9.86. The number of carbonyl (C=O) groups is 1. The number of methoxy groups -OCH3 is 2. The van der Waals surface area contributed by atoms with E-state index in [1.165, 1.54) is 0 Å². The lowest BCUT2D eigenvalue weighted by Gasteiger charge is -2.23. The van der Waals surface area contributed by atoms with Crippen LogP contribution in [-0.2, 0) is 16.6 Å². The van der Waals surface area contributed by atoms with Gasteiger partial charge in [-0.3, -0.25) is 4.79 Å². The molecule has 0 bridgehead atoms. The fourth-order valence-electron chi connectivity index (χ4n) is 2.91. The zero-order valence-electron chi connectivity index (χ0n) is 16.9. The number of nitrogens with one attached hydrogen (secondary N) is 2. The summed E-state index contributed by atoms with van der Waals surface area (Å²) >= 11 is 0. The average Bonchev–Trinajstić information content (AvgIpc) is 2.64. The largest absolute Gasteiger partial charge is 0.493 e. The zero-order valence-corrected chi connectivity index (χ0v) is 16.9. The van der Waals surface area contributed by atoms with E-state index in [0.717, 1.165) is 23.2 Å². The molecule has 0 radical (unpaired) electrons. The van der Waals surface area contributed by atoms with Crippen molar-refractivity contribution in [3.05, 3.63) is 53.6 Å². The predicted molar refractivity (Wildman–Crippen MR) is 110 cm³/mol. The maximum absolute atomic E-state index is 12.3. The van der Waals surface area contributed by atoms with E-state index >= 15 is 0 Å². The number of para-hydroxylation sites is 1. The summed E-state index contributed by atoms with van der Waals surface area (Å²) in [5, 5.41) is 6.21. The summed E-state index contributed by atoms with van der Waals surface area (Å²) < 4.78 is 10.6. The van der Waals surface area contributed by atoms with Crippen molar-refractivity contribution in [1.82, 2.24) is 5.32 Å². The second kappa shape index (κ2) is 9.42. The molecule has 1 amide bonds. The van der Waals surface area contributed by atoms with Gasteiger partial charge in [-0.05, 0) is 47.7 Å². The number of amides is 1. The lowest BCUT2D eigenvalue weighted by molar-refractivity contribution is -0.115. The van der Waals surface area contributed by atoms with Gasteiger partial charge < -0.3 is 20.1 Å². The Morgan fingerprint density at radius 2 is 1.70 bits per heavy atom. The van der Waals surface area contributed by atoms with Crippen molar-refractivity contribution in [1.29, 1.82) is 0 Å². The fourth-order valence-corrected chi connectivity index (χ4v) is 2.91. The maximum Gasteiger partial charge on any atom is 0.238 e. The summed E-state index contributed by atoms with van der Waals surface area (Å²) in [5.41, 5.74) is 3.10. The van der Waals surface area contributed by atoms with Crippen LogP contribution in [0.5, 0.6) is 11.5 Å². The average molecular weight is 370 g/mol. The summed E-state index contributed by atoms with van der Waals surface area (Å²) in [6.07, 6.45) is 0.798. The first-order chi connectivity index (χ1) is 12.8. The van der Waals surface area contributed by atoms with Crippen LogP contribution in [-0.4, -0.2) is 33.2 Å². The molecule has 5 heteroatoms. The highest BCUT2D eigenvalue weighted by Gasteiger charge is 2.18. The molecule has 0 aliphatic heterocycles. The van der Waals surface area contributed by atoms with Crippen LogP contribution in [0.4, 0.5) is 5.69 Å². The van der Waals surface area contributed by atoms with Gasteiger partial charge in [0.2, 0.25) is 5.91 Å². The molecule has 2 rings (SSSR count). The van der Waals surface area contributed by atoms with Crippen LogP contribution >= 0.6 is 0 Å². The van der Waals surface area contributed by atoms with Crippen LogP contribution in [0, 0.1) is 0 Å². The van der Waals surface area contributed by atoms with Crippen molar-refractivity contribution in [3.8, 4) is 11.5 Å². The third-order valence-corrected chi connectivity index (χ3v) is 4.33. The molecule has 2 N–H and O–H groups in total. The Morgan fingerprint density at radius 3 is 2.37 bits per heavy atom. The minimum Gasteiger partial charge on any atom is -0.493 e. The molecule has 0 fully saturated rings. The first kappa shape index (κ1) is 20.8. The molecular formula is C22H30N2O3. The Bertz CT molecular complexity index is 766. The van der Waals surface area contributed by atoms with E-state index in [1.807, 2.05) is 36.4 Å². The number of anilines is 1. The summed E-state index contributed by atoms with van der Waals surface area (Å²) in [6.45, 7) is 7.38. The molecule has 27 heavy (non-hydrogen) atoms. The molecule has 0 heterocycles. The van der Waals surface area contributed by atoms with Crippen LogP contribution in [0.25, 0.3) is 0 Å². The van der Waals surface area contributed by atoms with E-state index in [4.69, 9.17) is 9.47 Å². The van der Waals surface area contributed by atoms with Gasteiger partial charge in [0.05, 0.1) is 20.8 Å². The van der Waals surface area contributed by atoms with Crippen molar-refractivity contribution < 1.29 is 14.3 Å². The molecular weight excluding hydrogens is 340 g/mol. The third-order valence-electron chi connectivity index (χ3n) is 4.33. The number of carbonyl (C=O) groups excluding carboxylic acids is 1. The van der Waals surface area contributed by atoms with E-state index in [0.29, 0.717) is 18.0 Å². The highest BCUT2D eigenvalue weighted by atomic mass is 16.5.